The molecule has 0 saturated carbocycles. The van der Waals surface area contributed by atoms with Crippen molar-refractivity contribution in [3.05, 3.63) is 0 Å². The number of esters is 1. The van der Waals surface area contributed by atoms with Crippen LogP contribution < -0.4 is 0 Å². The van der Waals surface area contributed by atoms with Gasteiger partial charge >= 0.3 is 5.97 Å². The quantitative estimate of drug-likeness (QED) is 0.644. The smallest absolute Gasteiger partial charge is 0.310 e. The fourth-order valence-electron chi connectivity index (χ4n) is 4.07. The van der Waals surface area contributed by atoms with E-state index >= 15 is 0 Å². The maximum Gasteiger partial charge on any atom is 0.310 e. The van der Waals surface area contributed by atoms with Gasteiger partial charge in [-0.1, -0.05) is 0 Å². The lowest BCUT2D eigenvalue weighted by atomic mass is 9.77. The van der Waals surface area contributed by atoms with Crippen LogP contribution in [-0.2, 0) is 9.53 Å². The monoisotopic (exact) mass is 209 g/mol. The molecular formula is C12H19NO2. The third-order valence-corrected chi connectivity index (χ3v) is 4.49. The van der Waals surface area contributed by atoms with Gasteiger partial charge in [0.25, 0.3) is 0 Å². The first-order valence-corrected chi connectivity index (χ1v) is 6.25. The molecule has 5 unspecified atom stereocenters. The second-order valence-electron chi connectivity index (χ2n) is 5.03. The Morgan fingerprint density at radius 2 is 2.13 bits per heavy atom. The molecule has 3 aliphatic heterocycles. The second kappa shape index (κ2) is 3.48. The molecular weight excluding hydrogens is 190 g/mol. The van der Waals surface area contributed by atoms with E-state index in [1.165, 1.54) is 32.2 Å². The molecule has 0 radical (unpaired) electrons. The predicted octanol–water partition coefficient (Wildman–Crippen LogP) is 1.42. The van der Waals surface area contributed by atoms with Crippen molar-refractivity contribution in [1.82, 2.24) is 4.90 Å². The highest BCUT2D eigenvalue weighted by molar-refractivity contribution is 5.74. The highest BCUT2D eigenvalue weighted by Crippen LogP contribution is 2.50. The van der Waals surface area contributed by atoms with Crippen LogP contribution in [0.5, 0.6) is 0 Å². The summed E-state index contributed by atoms with van der Waals surface area (Å²) in [6.45, 7) is 3.64. The summed E-state index contributed by atoms with van der Waals surface area (Å²) in [5.41, 5.74) is 0. The van der Waals surface area contributed by atoms with E-state index in [0.29, 0.717) is 24.6 Å². The van der Waals surface area contributed by atoms with E-state index in [4.69, 9.17) is 4.74 Å². The zero-order valence-electron chi connectivity index (χ0n) is 9.32. The summed E-state index contributed by atoms with van der Waals surface area (Å²) in [5.74, 6) is 0.879. The largest absolute Gasteiger partial charge is 0.466 e. The summed E-state index contributed by atoms with van der Waals surface area (Å²) < 4.78 is 5.22. The first kappa shape index (κ1) is 9.64. The summed E-state index contributed by atoms with van der Waals surface area (Å²) in [7, 11) is 0. The molecule has 0 N–H and O–H groups in total. The molecule has 3 saturated heterocycles. The third kappa shape index (κ3) is 1.25. The summed E-state index contributed by atoms with van der Waals surface area (Å²) in [4.78, 5) is 14.5. The lowest BCUT2D eigenvalue weighted by molar-refractivity contribution is -0.150. The Kier molecular flexibility index (Phi) is 2.23. The SMILES string of the molecule is CCOC(=O)C1C2CCCN3C2CCC13. The second-order valence-corrected chi connectivity index (χ2v) is 5.03. The Morgan fingerprint density at radius 1 is 1.33 bits per heavy atom. The number of ether oxygens (including phenoxy) is 1. The number of carbonyl (C=O) groups excluding carboxylic acids is 1. The standard InChI is InChI=1S/C12H19NO2/c1-2-15-12(14)11-8-4-3-7-13-9(8)5-6-10(11)13/h8-11H,2-7H2,1H3. The maximum absolute atomic E-state index is 11.9. The van der Waals surface area contributed by atoms with Crippen LogP contribution in [-0.4, -0.2) is 36.1 Å². The van der Waals surface area contributed by atoms with Crippen molar-refractivity contribution >= 4 is 5.97 Å². The topological polar surface area (TPSA) is 29.5 Å². The molecule has 4 bridgehead atoms. The molecule has 3 heteroatoms. The van der Waals surface area contributed by atoms with Gasteiger partial charge in [-0.3, -0.25) is 9.69 Å². The first-order chi connectivity index (χ1) is 7.33. The van der Waals surface area contributed by atoms with E-state index < -0.39 is 0 Å². The van der Waals surface area contributed by atoms with E-state index in [9.17, 15) is 4.79 Å². The van der Waals surface area contributed by atoms with E-state index in [1.54, 1.807) is 0 Å². The number of hydrogen-bond acceptors (Lipinski definition) is 3. The normalized spacial score (nSPS) is 46.9. The molecule has 84 valence electrons. The van der Waals surface area contributed by atoms with Crippen LogP contribution in [0.1, 0.15) is 32.6 Å². The van der Waals surface area contributed by atoms with Crippen molar-refractivity contribution < 1.29 is 9.53 Å². The van der Waals surface area contributed by atoms with Gasteiger partial charge in [-0.2, -0.15) is 0 Å². The molecule has 0 amide bonds. The highest BCUT2D eigenvalue weighted by atomic mass is 16.5. The number of carbonyl (C=O) groups is 1. The van der Waals surface area contributed by atoms with Gasteiger partial charge in [-0.05, 0) is 45.1 Å². The average Bonchev–Trinajstić information content (AvgIpc) is 2.71. The van der Waals surface area contributed by atoms with Gasteiger partial charge in [0.2, 0.25) is 0 Å². The molecule has 0 aromatic heterocycles. The molecule has 3 fully saturated rings. The highest BCUT2D eigenvalue weighted by Gasteiger charge is 2.57. The lowest BCUT2D eigenvalue weighted by Gasteiger charge is -2.30. The molecule has 15 heavy (non-hydrogen) atoms. The van der Waals surface area contributed by atoms with E-state index in [0.717, 1.165) is 0 Å². The molecule has 3 heterocycles. The zero-order chi connectivity index (χ0) is 10.4. The van der Waals surface area contributed by atoms with Gasteiger partial charge in [0.1, 0.15) is 0 Å². The predicted molar refractivity (Wildman–Crippen MR) is 56.4 cm³/mol. The fraction of sp³-hybridized carbons (Fsp3) is 0.917. The molecule has 0 spiro atoms. The van der Waals surface area contributed by atoms with Gasteiger partial charge in [-0.15, -0.1) is 0 Å². The number of rotatable bonds is 2. The van der Waals surface area contributed by atoms with Crippen LogP contribution in [0.4, 0.5) is 0 Å². The molecule has 3 nitrogen and oxygen atoms in total. The van der Waals surface area contributed by atoms with Crippen LogP contribution in [0, 0.1) is 11.8 Å². The molecule has 0 aromatic rings. The fourth-order valence-corrected chi connectivity index (χ4v) is 4.07. The molecule has 0 aliphatic carbocycles. The summed E-state index contributed by atoms with van der Waals surface area (Å²) in [6, 6.07) is 1.22. The molecule has 3 aliphatic rings. The summed E-state index contributed by atoms with van der Waals surface area (Å²) in [5, 5.41) is 0. The summed E-state index contributed by atoms with van der Waals surface area (Å²) in [6.07, 6.45) is 5.03. The number of piperidine rings is 1. The minimum atomic E-state index is 0.0709. The Bertz CT molecular complexity index is 273. The van der Waals surface area contributed by atoms with Crippen molar-refractivity contribution in [2.45, 2.75) is 44.7 Å². The Labute approximate surface area is 90.8 Å². The van der Waals surface area contributed by atoms with Crippen LogP contribution in [0.3, 0.4) is 0 Å². The zero-order valence-corrected chi connectivity index (χ0v) is 9.32. The molecule has 3 rings (SSSR count). The Balaban J connectivity index is 1.82. The van der Waals surface area contributed by atoms with Gasteiger partial charge < -0.3 is 4.74 Å². The lowest BCUT2D eigenvalue weighted by Crippen LogP contribution is -2.35. The van der Waals surface area contributed by atoms with Crippen LogP contribution in [0.2, 0.25) is 0 Å². The number of nitrogens with zero attached hydrogens (tertiary/aromatic N) is 1. The van der Waals surface area contributed by atoms with Crippen LogP contribution in [0.15, 0.2) is 0 Å². The van der Waals surface area contributed by atoms with Gasteiger partial charge in [0.05, 0.1) is 12.5 Å². The van der Waals surface area contributed by atoms with Crippen molar-refractivity contribution in [2.24, 2.45) is 11.8 Å². The average molecular weight is 209 g/mol. The van der Waals surface area contributed by atoms with Crippen LogP contribution in [0.25, 0.3) is 0 Å². The van der Waals surface area contributed by atoms with E-state index in [1.807, 2.05) is 6.92 Å². The first-order valence-electron chi connectivity index (χ1n) is 6.25. The molecule has 5 atom stereocenters. The van der Waals surface area contributed by atoms with Crippen molar-refractivity contribution in [2.75, 3.05) is 13.2 Å². The van der Waals surface area contributed by atoms with Gasteiger partial charge in [0, 0.05) is 12.1 Å². The minimum Gasteiger partial charge on any atom is -0.466 e. The number of hydrogen-bond donors (Lipinski definition) is 0. The molecule has 0 aromatic carbocycles. The van der Waals surface area contributed by atoms with Crippen LogP contribution >= 0.6 is 0 Å². The van der Waals surface area contributed by atoms with Crippen molar-refractivity contribution in [1.29, 1.82) is 0 Å². The van der Waals surface area contributed by atoms with E-state index in [2.05, 4.69) is 4.90 Å². The summed E-state index contributed by atoms with van der Waals surface area (Å²) >= 11 is 0. The Morgan fingerprint density at radius 3 is 2.87 bits per heavy atom. The maximum atomic E-state index is 11.9. The Hall–Kier alpha value is -0.570. The van der Waals surface area contributed by atoms with Crippen molar-refractivity contribution in [3.63, 3.8) is 0 Å². The minimum absolute atomic E-state index is 0.0709. The van der Waals surface area contributed by atoms with Gasteiger partial charge in [0.15, 0.2) is 0 Å². The third-order valence-electron chi connectivity index (χ3n) is 4.49. The van der Waals surface area contributed by atoms with Crippen molar-refractivity contribution in [3.8, 4) is 0 Å². The van der Waals surface area contributed by atoms with Gasteiger partial charge in [-0.25, -0.2) is 0 Å². The van der Waals surface area contributed by atoms with E-state index in [-0.39, 0.29) is 11.9 Å².